The Kier molecular flexibility index (Phi) is 6.99. The molecule has 188 valence electrons. The number of benzene rings is 1. The second-order valence-corrected chi connectivity index (χ2v) is 9.14. The maximum absolute atomic E-state index is 13.0. The van der Waals surface area contributed by atoms with Crippen molar-refractivity contribution in [2.24, 2.45) is 0 Å². The van der Waals surface area contributed by atoms with E-state index in [2.05, 4.69) is 49.9 Å². The minimum Gasteiger partial charge on any atom is -0.493 e. The number of nitrogens with one attached hydrogen (secondary N) is 1. The molecule has 0 saturated carbocycles. The second-order valence-electron chi connectivity index (χ2n) is 9.14. The molecule has 0 unspecified atom stereocenters. The van der Waals surface area contributed by atoms with E-state index in [4.69, 9.17) is 9.84 Å². The monoisotopic (exact) mass is 487 g/mol. The highest BCUT2D eigenvalue weighted by atomic mass is 16.5. The van der Waals surface area contributed by atoms with Crippen molar-refractivity contribution in [3.05, 3.63) is 70.0 Å². The van der Waals surface area contributed by atoms with Gasteiger partial charge in [0.25, 0.3) is 5.56 Å². The summed E-state index contributed by atoms with van der Waals surface area (Å²) in [6.45, 7) is 11.0. The molecule has 9 heteroatoms. The van der Waals surface area contributed by atoms with Crippen LogP contribution < -0.4 is 15.2 Å². The van der Waals surface area contributed by atoms with Crippen molar-refractivity contribution in [2.45, 2.75) is 40.2 Å². The quantitative estimate of drug-likeness (QED) is 0.407. The van der Waals surface area contributed by atoms with Crippen LogP contribution in [-0.2, 0) is 13.0 Å². The van der Waals surface area contributed by atoms with Gasteiger partial charge in [0.15, 0.2) is 11.3 Å². The number of hydrogen-bond acceptors (Lipinski definition) is 7. The van der Waals surface area contributed by atoms with E-state index < -0.39 is 0 Å². The van der Waals surface area contributed by atoms with E-state index in [-0.39, 0.29) is 5.56 Å². The summed E-state index contributed by atoms with van der Waals surface area (Å²) in [6, 6.07) is 12.2. The van der Waals surface area contributed by atoms with Gasteiger partial charge in [0.1, 0.15) is 17.4 Å². The van der Waals surface area contributed by atoms with E-state index in [1.807, 2.05) is 38.2 Å². The van der Waals surface area contributed by atoms with Crippen molar-refractivity contribution >= 4 is 11.3 Å². The van der Waals surface area contributed by atoms with Gasteiger partial charge in [-0.1, -0.05) is 19.1 Å². The Bertz CT molecular complexity index is 1390. The zero-order chi connectivity index (χ0) is 25.1. The zero-order valence-corrected chi connectivity index (χ0v) is 21.2. The van der Waals surface area contributed by atoms with Crippen LogP contribution >= 0.6 is 0 Å². The lowest BCUT2D eigenvalue weighted by Crippen LogP contribution is -2.46. The molecule has 5 rings (SSSR count). The van der Waals surface area contributed by atoms with Crippen LogP contribution in [0.25, 0.3) is 16.9 Å². The number of nitrogens with zero attached hydrogens (tertiary/aromatic N) is 6. The number of piperazine rings is 1. The van der Waals surface area contributed by atoms with Gasteiger partial charge in [-0.15, -0.1) is 5.10 Å². The Hall–Kier alpha value is -3.72. The van der Waals surface area contributed by atoms with E-state index >= 15 is 0 Å². The maximum Gasteiger partial charge on any atom is 0.277 e. The molecular formula is C27H33N7O2. The van der Waals surface area contributed by atoms with E-state index in [0.29, 0.717) is 29.4 Å². The molecule has 0 atom stereocenters. The molecule has 9 nitrogen and oxygen atoms in total. The summed E-state index contributed by atoms with van der Waals surface area (Å²) >= 11 is 0. The first-order valence-corrected chi connectivity index (χ1v) is 12.7. The summed E-state index contributed by atoms with van der Waals surface area (Å²) in [5.41, 5.74) is 2.95. The Morgan fingerprint density at radius 1 is 1.08 bits per heavy atom. The molecule has 1 N–H and O–H groups in total. The minimum atomic E-state index is -0.189. The van der Waals surface area contributed by atoms with Gasteiger partial charge in [-0.3, -0.25) is 9.69 Å². The molecule has 0 aliphatic carbocycles. The van der Waals surface area contributed by atoms with Crippen LogP contribution in [0, 0.1) is 6.92 Å². The molecule has 0 bridgehead atoms. The third-order valence-electron chi connectivity index (χ3n) is 6.57. The van der Waals surface area contributed by atoms with E-state index in [1.54, 1.807) is 4.52 Å². The summed E-state index contributed by atoms with van der Waals surface area (Å²) in [7, 11) is 0. The molecule has 1 aliphatic heterocycles. The Balaban J connectivity index is 1.42. The number of rotatable bonds is 8. The highest BCUT2D eigenvalue weighted by Crippen LogP contribution is 2.29. The molecule has 3 aromatic heterocycles. The van der Waals surface area contributed by atoms with Gasteiger partial charge in [-0.05, 0) is 50.1 Å². The van der Waals surface area contributed by atoms with Gasteiger partial charge >= 0.3 is 0 Å². The number of aryl methyl sites for hydroxylation is 2. The van der Waals surface area contributed by atoms with Crippen molar-refractivity contribution in [3.8, 4) is 17.1 Å². The number of H-pyrrole nitrogens is 1. The third kappa shape index (κ3) is 4.83. The standard InChI is InChI=1S/C27H33N7O2/c1-4-8-24-29-19(3)25-27(35)30-26(31-34(24)25)21-17-20(10-11-22(21)36-5-2)18-32-13-15-33(16-14-32)23-9-6-7-12-28-23/h6-7,9-12,17H,4-5,8,13-16,18H2,1-3H3,(H,30,31,35). The molecular weight excluding hydrogens is 454 g/mol. The summed E-state index contributed by atoms with van der Waals surface area (Å²) in [5.74, 6) is 3.03. The molecule has 36 heavy (non-hydrogen) atoms. The van der Waals surface area contributed by atoms with Gasteiger partial charge < -0.3 is 14.6 Å². The van der Waals surface area contributed by atoms with Crippen LogP contribution in [0.2, 0.25) is 0 Å². The Morgan fingerprint density at radius 3 is 2.64 bits per heavy atom. The van der Waals surface area contributed by atoms with Crippen LogP contribution in [0.4, 0.5) is 5.82 Å². The zero-order valence-electron chi connectivity index (χ0n) is 21.2. The Labute approximate surface area is 210 Å². The van der Waals surface area contributed by atoms with Gasteiger partial charge in [-0.2, -0.15) is 0 Å². The topological polar surface area (TPSA) is 91.7 Å². The number of ether oxygens (including phenoxy) is 1. The molecule has 4 aromatic rings. The van der Waals surface area contributed by atoms with Crippen molar-refractivity contribution in [1.82, 2.24) is 29.5 Å². The smallest absolute Gasteiger partial charge is 0.277 e. The average molecular weight is 488 g/mol. The largest absolute Gasteiger partial charge is 0.493 e. The third-order valence-corrected chi connectivity index (χ3v) is 6.57. The predicted octanol–water partition coefficient (Wildman–Crippen LogP) is 3.46. The van der Waals surface area contributed by atoms with Gasteiger partial charge in [0, 0.05) is 45.3 Å². The lowest BCUT2D eigenvalue weighted by Gasteiger charge is -2.35. The number of fused-ring (bicyclic) bond motifs is 1. The van der Waals surface area contributed by atoms with Gasteiger partial charge in [0.2, 0.25) is 0 Å². The predicted molar refractivity (Wildman–Crippen MR) is 141 cm³/mol. The fourth-order valence-corrected chi connectivity index (χ4v) is 4.82. The Morgan fingerprint density at radius 2 is 1.92 bits per heavy atom. The maximum atomic E-state index is 13.0. The van der Waals surface area contributed by atoms with Gasteiger partial charge in [-0.25, -0.2) is 14.5 Å². The first-order valence-electron chi connectivity index (χ1n) is 12.7. The van der Waals surface area contributed by atoms with Gasteiger partial charge in [0.05, 0.1) is 17.9 Å². The molecule has 0 radical (unpaired) electrons. The van der Waals surface area contributed by atoms with E-state index in [9.17, 15) is 4.79 Å². The van der Waals surface area contributed by atoms with Crippen LogP contribution in [0.5, 0.6) is 5.75 Å². The number of aromatic nitrogens is 5. The lowest BCUT2D eigenvalue weighted by atomic mass is 10.1. The van der Waals surface area contributed by atoms with Crippen LogP contribution in [0.1, 0.15) is 37.4 Å². The van der Waals surface area contributed by atoms with Crippen LogP contribution in [0.3, 0.4) is 0 Å². The fourth-order valence-electron chi connectivity index (χ4n) is 4.82. The first-order chi connectivity index (χ1) is 17.6. The fraction of sp³-hybridized carbons (Fsp3) is 0.407. The van der Waals surface area contributed by atoms with Crippen LogP contribution in [0.15, 0.2) is 47.4 Å². The van der Waals surface area contributed by atoms with Crippen LogP contribution in [-0.4, -0.2) is 62.3 Å². The molecule has 1 aromatic carbocycles. The summed E-state index contributed by atoms with van der Waals surface area (Å²) in [5, 5.41) is 4.81. The summed E-state index contributed by atoms with van der Waals surface area (Å²) < 4.78 is 7.62. The number of aromatic amines is 1. The minimum absolute atomic E-state index is 0.189. The molecule has 4 heterocycles. The molecule has 1 saturated heterocycles. The normalized spacial score (nSPS) is 14.5. The number of anilines is 1. The number of hydrogen-bond donors (Lipinski definition) is 1. The second kappa shape index (κ2) is 10.5. The summed E-state index contributed by atoms with van der Waals surface area (Å²) in [4.78, 5) is 29.8. The number of pyridine rings is 1. The lowest BCUT2D eigenvalue weighted by molar-refractivity contribution is 0.249. The molecule has 1 aliphatic rings. The van der Waals surface area contributed by atoms with Crippen molar-refractivity contribution in [1.29, 1.82) is 0 Å². The van der Waals surface area contributed by atoms with Crippen molar-refractivity contribution in [2.75, 3.05) is 37.7 Å². The molecule has 1 fully saturated rings. The van der Waals surface area contributed by atoms with E-state index in [1.165, 1.54) is 0 Å². The number of imidazole rings is 1. The first kappa shape index (κ1) is 24.0. The summed E-state index contributed by atoms with van der Waals surface area (Å²) in [6.07, 6.45) is 3.53. The SMILES string of the molecule is CCCc1nc(C)c2c(=O)[nH]c(-c3cc(CN4CCN(c5ccccn5)CC4)ccc3OCC)nn12. The highest BCUT2D eigenvalue weighted by molar-refractivity contribution is 5.66. The molecule has 0 spiro atoms. The highest BCUT2D eigenvalue weighted by Gasteiger charge is 2.20. The van der Waals surface area contributed by atoms with Crippen molar-refractivity contribution in [3.63, 3.8) is 0 Å². The molecule has 0 amide bonds. The van der Waals surface area contributed by atoms with E-state index in [0.717, 1.165) is 68.3 Å². The van der Waals surface area contributed by atoms with Crippen molar-refractivity contribution < 1.29 is 4.74 Å². The average Bonchev–Trinajstić information content (AvgIpc) is 3.21.